The van der Waals surface area contributed by atoms with Crippen LogP contribution in [-0.2, 0) is 19.1 Å². The molecule has 6 heteroatoms. The normalized spacial score (nSPS) is 19.7. The summed E-state index contributed by atoms with van der Waals surface area (Å²) in [6, 6.07) is 0. The van der Waals surface area contributed by atoms with E-state index < -0.39 is 23.6 Å². The van der Waals surface area contributed by atoms with E-state index in [-0.39, 0.29) is 19.1 Å². The lowest BCUT2D eigenvalue weighted by Crippen LogP contribution is -2.46. The Hall–Kier alpha value is -1.14. The number of cyclic esters (lactones) is 1. The molecule has 1 fully saturated rings. The Balaban J connectivity index is 2.02. The average molecular weight is 442 g/mol. The fraction of sp³-hybridized carbons (Fsp3) is 0.920. The molecule has 1 saturated heterocycles. The first-order valence-electron chi connectivity index (χ1n) is 12.6. The number of nitrogens with one attached hydrogen (secondary N) is 1. The van der Waals surface area contributed by atoms with Crippen molar-refractivity contribution in [2.24, 2.45) is 5.41 Å². The minimum Gasteiger partial charge on any atom is -0.450 e. The average Bonchev–Trinajstić information content (AvgIpc) is 2.90. The monoisotopic (exact) mass is 441 g/mol. The van der Waals surface area contributed by atoms with Crippen molar-refractivity contribution in [1.29, 1.82) is 0 Å². The molecule has 6 nitrogen and oxygen atoms in total. The largest absolute Gasteiger partial charge is 0.450 e. The maximum absolute atomic E-state index is 12.3. The molecule has 0 aromatic rings. The van der Waals surface area contributed by atoms with Crippen molar-refractivity contribution < 1.29 is 24.2 Å². The molecule has 0 aliphatic carbocycles. The van der Waals surface area contributed by atoms with Crippen molar-refractivity contribution in [1.82, 2.24) is 5.32 Å². The Kier molecular flexibility index (Phi) is 14.8. The molecule has 1 heterocycles. The first kappa shape index (κ1) is 27.9. The number of aliphatic hydroxyl groups is 1. The van der Waals surface area contributed by atoms with Crippen molar-refractivity contribution >= 4 is 11.9 Å². The van der Waals surface area contributed by atoms with Gasteiger partial charge >= 0.3 is 5.97 Å². The third-order valence-electron chi connectivity index (χ3n) is 6.13. The number of carbonyl (C=O) groups excluding carboxylic acids is 2. The summed E-state index contributed by atoms with van der Waals surface area (Å²) < 4.78 is 11.0. The van der Waals surface area contributed by atoms with E-state index in [1.54, 1.807) is 13.8 Å². The minimum absolute atomic E-state index is 0.119. The first-order valence-corrected chi connectivity index (χ1v) is 12.6. The topological polar surface area (TPSA) is 84.9 Å². The molecule has 0 aromatic heterocycles. The molecule has 2 atom stereocenters. The predicted octanol–water partition coefficient (Wildman–Crippen LogP) is 4.91. The van der Waals surface area contributed by atoms with Gasteiger partial charge in [-0.2, -0.15) is 0 Å². The summed E-state index contributed by atoms with van der Waals surface area (Å²) in [4.78, 5) is 24.5. The number of esters is 1. The van der Waals surface area contributed by atoms with Crippen LogP contribution in [0.1, 0.15) is 111 Å². The lowest BCUT2D eigenvalue weighted by molar-refractivity contribution is -0.170. The van der Waals surface area contributed by atoms with Crippen molar-refractivity contribution in [2.45, 2.75) is 123 Å². The fourth-order valence-electron chi connectivity index (χ4n) is 3.86. The predicted molar refractivity (Wildman–Crippen MR) is 124 cm³/mol. The molecule has 2 N–H and O–H groups in total. The van der Waals surface area contributed by atoms with Crippen LogP contribution in [0.3, 0.4) is 0 Å². The number of amides is 1. The quantitative estimate of drug-likeness (QED) is 0.233. The second-order valence-corrected chi connectivity index (χ2v) is 9.66. The summed E-state index contributed by atoms with van der Waals surface area (Å²) in [6.45, 7) is 6.01. The molecule has 0 spiro atoms. The standard InChI is InChI=1S/C25H47NO5/c1-4-5-6-7-8-9-10-11-12-13-14-15-16-17-18-30-21-19-26-23(28)22(31-24(21)29)25(2,3)20-27/h21-22,27H,4-20H2,1-3H3,(H,26,28)/t21?,22-/m0/s1. The van der Waals surface area contributed by atoms with Crippen molar-refractivity contribution in [2.75, 3.05) is 19.8 Å². The van der Waals surface area contributed by atoms with E-state index in [2.05, 4.69) is 12.2 Å². The van der Waals surface area contributed by atoms with Gasteiger partial charge < -0.3 is 19.9 Å². The summed E-state index contributed by atoms with van der Waals surface area (Å²) in [5, 5.41) is 12.2. The van der Waals surface area contributed by atoms with E-state index in [4.69, 9.17) is 9.47 Å². The number of unbranched alkanes of at least 4 members (excludes halogenated alkanes) is 13. The smallest absolute Gasteiger partial charge is 0.337 e. The third-order valence-corrected chi connectivity index (χ3v) is 6.13. The van der Waals surface area contributed by atoms with Crippen molar-refractivity contribution in [3.8, 4) is 0 Å². The van der Waals surface area contributed by atoms with Crippen LogP contribution in [0.2, 0.25) is 0 Å². The van der Waals surface area contributed by atoms with Crippen LogP contribution in [0.15, 0.2) is 0 Å². The van der Waals surface area contributed by atoms with E-state index >= 15 is 0 Å². The molecule has 0 bridgehead atoms. The molecule has 1 amide bonds. The zero-order valence-corrected chi connectivity index (χ0v) is 20.3. The molecular formula is C25H47NO5. The highest BCUT2D eigenvalue weighted by molar-refractivity contribution is 5.88. The van der Waals surface area contributed by atoms with Gasteiger partial charge in [0.15, 0.2) is 12.2 Å². The lowest BCUT2D eigenvalue weighted by atomic mass is 9.87. The van der Waals surface area contributed by atoms with Gasteiger partial charge in [0.1, 0.15) is 0 Å². The van der Waals surface area contributed by atoms with Gasteiger partial charge in [0.25, 0.3) is 5.91 Å². The molecule has 1 aliphatic heterocycles. The number of hydrogen-bond donors (Lipinski definition) is 2. The summed E-state index contributed by atoms with van der Waals surface area (Å²) in [7, 11) is 0. The molecule has 182 valence electrons. The highest BCUT2D eigenvalue weighted by Gasteiger charge is 2.42. The highest BCUT2D eigenvalue weighted by Crippen LogP contribution is 2.25. The van der Waals surface area contributed by atoms with Crippen LogP contribution in [0.25, 0.3) is 0 Å². The number of aliphatic hydroxyl groups excluding tert-OH is 1. The highest BCUT2D eigenvalue weighted by atomic mass is 16.6. The molecule has 31 heavy (non-hydrogen) atoms. The Morgan fingerprint density at radius 2 is 1.39 bits per heavy atom. The summed E-state index contributed by atoms with van der Waals surface area (Å²) in [5.41, 5.74) is -0.830. The molecular weight excluding hydrogens is 394 g/mol. The van der Waals surface area contributed by atoms with Crippen LogP contribution in [0.4, 0.5) is 0 Å². The van der Waals surface area contributed by atoms with Gasteiger partial charge in [0.05, 0.1) is 13.2 Å². The van der Waals surface area contributed by atoms with Crippen molar-refractivity contribution in [3.05, 3.63) is 0 Å². The van der Waals surface area contributed by atoms with Crippen LogP contribution in [-0.4, -0.2) is 48.9 Å². The molecule has 1 unspecified atom stereocenters. The Bertz CT molecular complexity index is 494. The van der Waals surface area contributed by atoms with Gasteiger partial charge in [-0.3, -0.25) is 4.79 Å². The number of rotatable bonds is 18. The minimum atomic E-state index is -1.00. The van der Waals surface area contributed by atoms with E-state index in [0.29, 0.717) is 6.61 Å². The Morgan fingerprint density at radius 3 is 1.87 bits per heavy atom. The van der Waals surface area contributed by atoms with E-state index in [1.165, 1.54) is 77.0 Å². The SMILES string of the molecule is CCCCCCCCCCCCCCCCOC1CNC(=O)[C@@H](C(C)(C)CO)OC1=O. The van der Waals surface area contributed by atoms with E-state index in [0.717, 1.165) is 12.8 Å². The second kappa shape index (κ2) is 16.5. The van der Waals surface area contributed by atoms with Crippen molar-refractivity contribution in [3.63, 3.8) is 0 Å². The fourth-order valence-corrected chi connectivity index (χ4v) is 3.86. The summed E-state index contributed by atoms with van der Waals surface area (Å²) >= 11 is 0. The zero-order chi connectivity index (χ0) is 23.0. The van der Waals surface area contributed by atoms with Crippen LogP contribution in [0.5, 0.6) is 0 Å². The zero-order valence-electron chi connectivity index (χ0n) is 20.3. The molecule has 0 saturated carbocycles. The van der Waals surface area contributed by atoms with Crippen LogP contribution >= 0.6 is 0 Å². The van der Waals surface area contributed by atoms with Gasteiger partial charge in [0.2, 0.25) is 0 Å². The molecule has 0 aromatic carbocycles. The number of ether oxygens (including phenoxy) is 2. The summed E-state index contributed by atoms with van der Waals surface area (Å²) in [6.07, 6.45) is 16.4. The van der Waals surface area contributed by atoms with Crippen LogP contribution < -0.4 is 5.32 Å². The lowest BCUT2D eigenvalue weighted by Gasteiger charge is -2.29. The maximum Gasteiger partial charge on any atom is 0.337 e. The van der Waals surface area contributed by atoms with Gasteiger partial charge in [-0.05, 0) is 6.42 Å². The molecule has 0 radical (unpaired) electrons. The van der Waals surface area contributed by atoms with E-state index in [9.17, 15) is 14.7 Å². The molecule has 1 rings (SSSR count). The first-order chi connectivity index (χ1) is 14.9. The van der Waals surface area contributed by atoms with E-state index in [1.807, 2.05) is 0 Å². The van der Waals surface area contributed by atoms with Gasteiger partial charge in [-0.1, -0.05) is 104 Å². The van der Waals surface area contributed by atoms with Gasteiger partial charge in [-0.25, -0.2) is 4.79 Å². The maximum atomic E-state index is 12.3. The number of carbonyl (C=O) groups is 2. The number of hydrogen-bond acceptors (Lipinski definition) is 5. The molecule has 1 aliphatic rings. The van der Waals surface area contributed by atoms with Gasteiger partial charge in [-0.15, -0.1) is 0 Å². The summed E-state index contributed by atoms with van der Waals surface area (Å²) in [5.74, 6) is -0.912. The van der Waals surface area contributed by atoms with Gasteiger partial charge in [0, 0.05) is 12.0 Å². The Labute approximate surface area is 189 Å². The third kappa shape index (κ3) is 11.9. The van der Waals surface area contributed by atoms with Crippen LogP contribution in [0, 0.1) is 5.41 Å². The second-order valence-electron chi connectivity index (χ2n) is 9.66. The Morgan fingerprint density at radius 1 is 0.903 bits per heavy atom.